The summed E-state index contributed by atoms with van der Waals surface area (Å²) in [7, 11) is 1.44. The number of imide groups is 1. The van der Waals surface area contributed by atoms with E-state index in [1.807, 2.05) is 0 Å². The third kappa shape index (κ3) is 4.59. The summed E-state index contributed by atoms with van der Waals surface area (Å²) in [5, 5.41) is 4.99. The number of urea groups is 1. The van der Waals surface area contributed by atoms with Gasteiger partial charge in [0.15, 0.2) is 5.54 Å². The first-order chi connectivity index (χ1) is 15.6. The molecule has 0 aromatic carbocycles. The standard InChI is InChI=1S/C20H22N4O8S/c1-10-13(17(27)32-8-7-30-3)16(33-14(10)15(21)26)22-12(25)9-24-18(28)20(2,23-19(24)29)11-5-4-6-31-11/h4-6H,7-9H2,1-3H3,(H2,21,26)(H,22,25)(H,23,29)/t20-/m0/s1. The number of thiophene rings is 1. The molecule has 12 nitrogen and oxygen atoms in total. The Labute approximate surface area is 192 Å². The lowest BCUT2D eigenvalue weighted by atomic mass is 9.99. The molecule has 0 radical (unpaired) electrons. The van der Waals surface area contributed by atoms with Gasteiger partial charge < -0.3 is 30.3 Å². The van der Waals surface area contributed by atoms with E-state index < -0.39 is 41.8 Å². The van der Waals surface area contributed by atoms with E-state index in [0.717, 1.165) is 16.2 Å². The fraction of sp³-hybridized carbons (Fsp3) is 0.350. The van der Waals surface area contributed by atoms with Crippen LogP contribution in [0.3, 0.4) is 0 Å². The molecule has 2 aromatic heterocycles. The number of carbonyl (C=O) groups excluding carboxylic acids is 5. The number of hydrogen-bond donors (Lipinski definition) is 3. The largest absolute Gasteiger partial charge is 0.466 e. The molecule has 2 aromatic rings. The Morgan fingerprint density at radius 1 is 1.30 bits per heavy atom. The minimum absolute atomic E-state index is 0.00886. The zero-order valence-corrected chi connectivity index (χ0v) is 18.9. The van der Waals surface area contributed by atoms with Gasteiger partial charge in [-0.05, 0) is 31.5 Å². The zero-order chi connectivity index (χ0) is 24.3. The Morgan fingerprint density at radius 2 is 2.03 bits per heavy atom. The van der Waals surface area contributed by atoms with E-state index in [-0.39, 0.29) is 40.0 Å². The molecule has 0 spiro atoms. The molecule has 1 fully saturated rings. The minimum Gasteiger partial charge on any atom is -0.466 e. The minimum atomic E-state index is -1.46. The van der Waals surface area contributed by atoms with E-state index in [0.29, 0.717) is 0 Å². The molecule has 4 N–H and O–H groups in total. The molecule has 1 atom stereocenters. The Kier molecular flexibility index (Phi) is 6.84. The summed E-state index contributed by atoms with van der Waals surface area (Å²) in [6.07, 6.45) is 1.36. The van der Waals surface area contributed by atoms with E-state index in [2.05, 4.69) is 10.6 Å². The van der Waals surface area contributed by atoms with E-state index in [1.54, 1.807) is 6.07 Å². The lowest BCUT2D eigenvalue weighted by Gasteiger charge is -2.18. The molecule has 1 saturated heterocycles. The van der Waals surface area contributed by atoms with Gasteiger partial charge in [0.05, 0.1) is 23.3 Å². The lowest BCUT2D eigenvalue weighted by molar-refractivity contribution is -0.134. The molecule has 1 aliphatic heterocycles. The molecule has 13 heteroatoms. The van der Waals surface area contributed by atoms with Crippen molar-refractivity contribution in [2.45, 2.75) is 19.4 Å². The summed E-state index contributed by atoms with van der Waals surface area (Å²) < 4.78 is 15.2. The number of primary amides is 1. The Balaban J connectivity index is 1.79. The molecule has 176 valence electrons. The summed E-state index contributed by atoms with van der Waals surface area (Å²) in [4.78, 5) is 63.0. The number of hydrogen-bond acceptors (Lipinski definition) is 9. The van der Waals surface area contributed by atoms with Gasteiger partial charge in [-0.1, -0.05) is 0 Å². The first-order valence-electron chi connectivity index (χ1n) is 9.67. The van der Waals surface area contributed by atoms with Crippen molar-refractivity contribution in [1.82, 2.24) is 10.2 Å². The lowest BCUT2D eigenvalue weighted by Crippen LogP contribution is -2.41. The third-order valence-electron chi connectivity index (χ3n) is 4.94. The molecule has 0 saturated carbocycles. The summed E-state index contributed by atoms with van der Waals surface area (Å²) in [5.74, 6) is -2.82. The van der Waals surface area contributed by atoms with Crippen LogP contribution in [0.25, 0.3) is 0 Å². The number of nitrogens with one attached hydrogen (secondary N) is 2. The van der Waals surface area contributed by atoms with Crippen LogP contribution in [0.5, 0.6) is 0 Å². The van der Waals surface area contributed by atoms with Crippen LogP contribution in [-0.2, 0) is 24.6 Å². The van der Waals surface area contributed by atoms with Crippen molar-refractivity contribution in [2.75, 3.05) is 32.2 Å². The van der Waals surface area contributed by atoms with E-state index in [4.69, 9.17) is 19.6 Å². The van der Waals surface area contributed by atoms with Gasteiger partial charge in [0.25, 0.3) is 11.8 Å². The average Bonchev–Trinajstić information content (AvgIpc) is 3.44. The van der Waals surface area contributed by atoms with E-state index >= 15 is 0 Å². The molecule has 3 heterocycles. The monoisotopic (exact) mass is 478 g/mol. The van der Waals surface area contributed by atoms with Crippen LogP contribution in [0.15, 0.2) is 22.8 Å². The summed E-state index contributed by atoms with van der Waals surface area (Å²) in [6, 6.07) is 2.31. The van der Waals surface area contributed by atoms with Gasteiger partial charge in [-0.25, -0.2) is 9.59 Å². The van der Waals surface area contributed by atoms with Gasteiger partial charge >= 0.3 is 12.0 Å². The number of carbonyl (C=O) groups is 5. The van der Waals surface area contributed by atoms with Gasteiger partial charge in [0.2, 0.25) is 5.91 Å². The smallest absolute Gasteiger partial charge is 0.341 e. The first-order valence-corrected chi connectivity index (χ1v) is 10.5. The Hall–Kier alpha value is -3.71. The summed E-state index contributed by atoms with van der Waals surface area (Å²) in [5.41, 5.74) is 4.10. The number of methoxy groups -OCH3 is 1. The highest BCUT2D eigenvalue weighted by atomic mass is 32.1. The number of anilines is 1. The van der Waals surface area contributed by atoms with Crippen LogP contribution in [0, 0.1) is 6.92 Å². The van der Waals surface area contributed by atoms with Crippen LogP contribution in [0.1, 0.15) is 38.3 Å². The average molecular weight is 478 g/mol. The molecule has 0 aliphatic carbocycles. The molecule has 3 rings (SSSR count). The van der Waals surface area contributed by atoms with Crippen molar-refractivity contribution >= 4 is 46.1 Å². The normalized spacial score (nSPS) is 17.7. The highest BCUT2D eigenvalue weighted by Gasteiger charge is 2.51. The first kappa shape index (κ1) is 23.9. The van der Waals surface area contributed by atoms with E-state index in [9.17, 15) is 24.0 Å². The van der Waals surface area contributed by atoms with Crippen molar-refractivity contribution < 1.29 is 37.9 Å². The van der Waals surface area contributed by atoms with Gasteiger partial charge in [0.1, 0.15) is 23.9 Å². The quantitative estimate of drug-likeness (QED) is 0.272. The Morgan fingerprint density at radius 3 is 2.64 bits per heavy atom. The van der Waals surface area contributed by atoms with Crippen LogP contribution in [0.2, 0.25) is 0 Å². The molecular weight excluding hydrogens is 456 g/mol. The SMILES string of the molecule is COCCOC(=O)c1c(NC(=O)CN2C(=O)N[C@@](C)(c3ccco3)C2=O)sc(C(N)=O)c1C. The van der Waals surface area contributed by atoms with Crippen molar-refractivity contribution in [3.63, 3.8) is 0 Å². The maximum absolute atomic E-state index is 12.9. The van der Waals surface area contributed by atoms with Crippen LogP contribution in [0.4, 0.5) is 9.80 Å². The van der Waals surface area contributed by atoms with Crippen LogP contribution in [-0.4, -0.2) is 61.5 Å². The van der Waals surface area contributed by atoms with Gasteiger partial charge in [-0.2, -0.15) is 0 Å². The molecule has 0 bridgehead atoms. The fourth-order valence-electron chi connectivity index (χ4n) is 3.25. The highest BCUT2D eigenvalue weighted by Crippen LogP contribution is 2.34. The van der Waals surface area contributed by atoms with Crippen molar-refractivity contribution in [2.24, 2.45) is 5.73 Å². The summed E-state index contributed by atoms with van der Waals surface area (Å²) >= 11 is 0.790. The van der Waals surface area contributed by atoms with Crippen molar-refractivity contribution in [1.29, 1.82) is 0 Å². The number of esters is 1. The highest BCUT2D eigenvalue weighted by molar-refractivity contribution is 7.18. The second-order valence-electron chi connectivity index (χ2n) is 7.23. The van der Waals surface area contributed by atoms with Gasteiger partial charge in [-0.3, -0.25) is 19.3 Å². The maximum Gasteiger partial charge on any atom is 0.341 e. The Bertz CT molecular complexity index is 1110. The topological polar surface area (TPSA) is 170 Å². The van der Waals surface area contributed by atoms with Crippen LogP contribution < -0.4 is 16.4 Å². The van der Waals surface area contributed by atoms with Gasteiger partial charge in [-0.15, -0.1) is 11.3 Å². The van der Waals surface area contributed by atoms with Gasteiger partial charge in [0, 0.05) is 7.11 Å². The number of ether oxygens (including phenoxy) is 2. The predicted octanol–water partition coefficient (Wildman–Crippen LogP) is 0.957. The molecular formula is C20H22N4O8S. The number of nitrogens with zero attached hydrogens (tertiary/aromatic N) is 1. The maximum atomic E-state index is 12.9. The number of rotatable bonds is 9. The predicted molar refractivity (Wildman–Crippen MR) is 115 cm³/mol. The fourth-order valence-corrected chi connectivity index (χ4v) is 4.32. The second kappa shape index (κ2) is 9.42. The third-order valence-corrected chi connectivity index (χ3v) is 6.16. The number of nitrogens with two attached hydrogens (primary N) is 1. The molecule has 5 amide bonds. The zero-order valence-electron chi connectivity index (χ0n) is 18.1. The number of furan rings is 1. The second-order valence-corrected chi connectivity index (χ2v) is 8.25. The number of amides is 5. The molecule has 33 heavy (non-hydrogen) atoms. The van der Waals surface area contributed by atoms with Crippen molar-refractivity contribution in [3.05, 3.63) is 40.2 Å². The molecule has 1 aliphatic rings. The van der Waals surface area contributed by atoms with Crippen LogP contribution >= 0.6 is 11.3 Å². The summed E-state index contributed by atoms with van der Waals surface area (Å²) in [6.45, 7) is 2.42. The molecule has 0 unspecified atom stereocenters. The van der Waals surface area contributed by atoms with Crippen molar-refractivity contribution in [3.8, 4) is 0 Å². The van der Waals surface area contributed by atoms with E-state index in [1.165, 1.54) is 33.3 Å².